The van der Waals surface area contributed by atoms with E-state index in [4.69, 9.17) is 4.74 Å². The van der Waals surface area contributed by atoms with Crippen molar-refractivity contribution >= 4 is 5.91 Å². The van der Waals surface area contributed by atoms with Crippen LogP contribution in [-0.2, 0) is 4.79 Å². The Bertz CT molecular complexity index is 641. The Hall–Kier alpha value is -2.20. The Balaban J connectivity index is 2.63. The van der Waals surface area contributed by atoms with Gasteiger partial charge in [0.05, 0.1) is 6.54 Å². The number of benzene rings is 1. The molecular formula is C19H24F3NO3. The summed E-state index contributed by atoms with van der Waals surface area (Å²) in [6.07, 6.45) is -2.09. The van der Waals surface area contributed by atoms with Gasteiger partial charge in [0.1, 0.15) is 18.0 Å². The molecule has 144 valence electrons. The molecule has 0 aliphatic heterocycles. The molecule has 0 fully saturated rings. The van der Waals surface area contributed by atoms with Crippen LogP contribution in [0.5, 0.6) is 5.75 Å². The van der Waals surface area contributed by atoms with Crippen molar-refractivity contribution in [2.24, 2.45) is 0 Å². The molecule has 0 saturated carbocycles. The summed E-state index contributed by atoms with van der Waals surface area (Å²) >= 11 is 0. The molecule has 1 rings (SSSR count). The first kappa shape index (κ1) is 21.8. The maximum atomic E-state index is 12.1. The standard InChI is InChI=1S/C19H24F3NO3/c1-3-9-18(25,10-4-2)11-8-15-6-5-7-16(14-15)26-13-12-23-17(24)19(20,21)22/h5-7,14,25H,3-4,9-10,12-13H2,1-2H3,(H,23,24). The first-order valence-corrected chi connectivity index (χ1v) is 8.53. The summed E-state index contributed by atoms with van der Waals surface area (Å²) in [4.78, 5) is 10.7. The molecule has 1 aromatic carbocycles. The summed E-state index contributed by atoms with van der Waals surface area (Å²) < 4.78 is 41.5. The second-order valence-corrected chi connectivity index (χ2v) is 5.91. The maximum Gasteiger partial charge on any atom is 0.471 e. The molecule has 1 aromatic rings. The fourth-order valence-electron chi connectivity index (χ4n) is 2.36. The molecule has 0 heterocycles. The van der Waals surface area contributed by atoms with E-state index in [1.807, 2.05) is 13.8 Å². The zero-order chi connectivity index (χ0) is 19.6. The van der Waals surface area contributed by atoms with E-state index < -0.39 is 17.7 Å². The normalized spacial score (nSPS) is 11.5. The molecule has 0 aliphatic carbocycles. The number of amides is 1. The van der Waals surface area contributed by atoms with Crippen molar-refractivity contribution in [1.29, 1.82) is 0 Å². The summed E-state index contributed by atoms with van der Waals surface area (Å²) in [5, 5.41) is 12.2. The summed E-state index contributed by atoms with van der Waals surface area (Å²) in [6, 6.07) is 6.73. The third-order valence-corrected chi connectivity index (χ3v) is 3.51. The fourth-order valence-corrected chi connectivity index (χ4v) is 2.36. The van der Waals surface area contributed by atoms with Crippen LogP contribution in [0, 0.1) is 11.8 Å². The van der Waals surface area contributed by atoms with Crippen molar-refractivity contribution in [2.45, 2.75) is 51.3 Å². The monoisotopic (exact) mass is 371 g/mol. The van der Waals surface area contributed by atoms with Crippen LogP contribution in [-0.4, -0.2) is 35.9 Å². The zero-order valence-corrected chi connectivity index (χ0v) is 14.9. The number of hydrogen-bond acceptors (Lipinski definition) is 3. The topological polar surface area (TPSA) is 58.6 Å². The lowest BCUT2D eigenvalue weighted by atomic mass is 9.93. The molecule has 2 N–H and O–H groups in total. The van der Waals surface area contributed by atoms with Crippen molar-refractivity contribution in [3.63, 3.8) is 0 Å². The number of carbonyl (C=O) groups is 1. The lowest BCUT2D eigenvalue weighted by Gasteiger charge is -2.20. The largest absolute Gasteiger partial charge is 0.492 e. The van der Waals surface area contributed by atoms with Crippen LogP contribution in [0.25, 0.3) is 0 Å². The van der Waals surface area contributed by atoms with Gasteiger partial charge in [0.15, 0.2) is 0 Å². The first-order chi connectivity index (χ1) is 12.2. The Kier molecular flexibility index (Phi) is 8.46. The van der Waals surface area contributed by atoms with E-state index in [1.165, 1.54) is 0 Å². The Morgan fingerprint density at radius 3 is 2.46 bits per heavy atom. The van der Waals surface area contributed by atoms with Crippen molar-refractivity contribution in [2.75, 3.05) is 13.2 Å². The molecule has 0 aliphatic rings. The Labute approximate surface area is 151 Å². The number of alkyl halides is 3. The highest BCUT2D eigenvalue weighted by molar-refractivity contribution is 5.81. The number of nitrogens with one attached hydrogen (secondary N) is 1. The Morgan fingerprint density at radius 2 is 1.88 bits per heavy atom. The molecule has 0 spiro atoms. The summed E-state index contributed by atoms with van der Waals surface area (Å²) in [5.74, 6) is 4.26. The lowest BCUT2D eigenvalue weighted by molar-refractivity contribution is -0.173. The van der Waals surface area contributed by atoms with Crippen LogP contribution in [0.15, 0.2) is 24.3 Å². The van der Waals surface area contributed by atoms with Gasteiger partial charge in [0, 0.05) is 5.56 Å². The van der Waals surface area contributed by atoms with Crippen LogP contribution < -0.4 is 10.1 Å². The maximum absolute atomic E-state index is 12.1. The van der Waals surface area contributed by atoms with E-state index in [2.05, 4.69) is 11.8 Å². The van der Waals surface area contributed by atoms with E-state index in [9.17, 15) is 23.1 Å². The molecule has 4 nitrogen and oxygen atoms in total. The lowest BCUT2D eigenvalue weighted by Crippen LogP contribution is -2.38. The number of carbonyl (C=O) groups excluding carboxylic acids is 1. The summed E-state index contributed by atoms with van der Waals surface area (Å²) in [5.41, 5.74) is -0.394. The highest BCUT2D eigenvalue weighted by atomic mass is 19.4. The van der Waals surface area contributed by atoms with Gasteiger partial charge in [-0.05, 0) is 31.0 Å². The number of halogens is 3. The van der Waals surface area contributed by atoms with Crippen LogP contribution in [0.3, 0.4) is 0 Å². The second kappa shape index (κ2) is 10.1. The minimum atomic E-state index is -4.90. The third kappa shape index (κ3) is 7.79. The highest BCUT2D eigenvalue weighted by Gasteiger charge is 2.38. The summed E-state index contributed by atoms with van der Waals surface area (Å²) in [6.45, 7) is 3.60. The molecule has 7 heteroatoms. The molecule has 26 heavy (non-hydrogen) atoms. The van der Waals surface area contributed by atoms with E-state index in [0.717, 1.165) is 12.8 Å². The van der Waals surface area contributed by atoms with Crippen molar-refractivity contribution in [3.8, 4) is 17.6 Å². The second-order valence-electron chi connectivity index (χ2n) is 5.91. The highest BCUT2D eigenvalue weighted by Crippen LogP contribution is 2.19. The molecule has 0 atom stereocenters. The first-order valence-electron chi connectivity index (χ1n) is 8.53. The van der Waals surface area contributed by atoms with Crippen molar-refractivity contribution in [3.05, 3.63) is 29.8 Å². The van der Waals surface area contributed by atoms with Gasteiger partial charge >= 0.3 is 12.1 Å². The van der Waals surface area contributed by atoms with Gasteiger partial charge in [-0.25, -0.2) is 0 Å². The average molecular weight is 371 g/mol. The zero-order valence-electron chi connectivity index (χ0n) is 14.9. The molecular weight excluding hydrogens is 347 g/mol. The molecule has 0 radical (unpaired) electrons. The summed E-state index contributed by atoms with van der Waals surface area (Å²) in [7, 11) is 0. The Morgan fingerprint density at radius 1 is 1.23 bits per heavy atom. The van der Waals surface area contributed by atoms with Gasteiger partial charge in [-0.3, -0.25) is 4.79 Å². The molecule has 1 amide bonds. The minimum absolute atomic E-state index is 0.103. The molecule has 0 bridgehead atoms. The van der Waals surface area contributed by atoms with E-state index in [1.54, 1.807) is 29.6 Å². The van der Waals surface area contributed by atoms with Crippen molar-refractivity contribution in [1.82, 2.24) is 5.32 Å². The van der Waals surface area contributed by atoms with E-state index in [0.29, 0.717) is 24.2 Å². The van der Waals surface area contributed by atoms with Gasteiger partial charge in [0.25, 0.3) is 0 Å². The van der Waals surface area contributed by atoms with Crippen LogP contribution >= 0.6 is 0 Å². The van der Waals surface area contributed by atoms with Crippen LogP contribution in [0.1, 0.15) is 45.1 Å². The molecule has 0 saturated heterocycles. The van der Waals surface area contributed by atoms with Gasteiger partial charge in [-0.1, -0.05) is 44.6 Å². The molecule has 0 unspecified atom stereocenters. The average Bonchev–Trinajstić information content (AvgIpc) is 2.57. The number of rotatable bonds is 8. The predicted octanol–water partition coefficient (Wildman–Crippen LogP) is 3.43. The predicted molar refractivity (Wildman–Crippen MR) is 92.6 cm³/mol. The third-order valence-electron chi connectivity index (χ3n) is 3.51. The number of aliphatic hydroxyl groups is 1. The number of hydrogen-bond donors (Lipinski definition) is 2. The van der Waals surface area contributed by atoms with Crippen LogP contribution in [0.4, 0.5) is 13.2 Å². The van der Waals surface area contributed by atoms with Gasteiger partial charge in [0.2, 0.25) is 0 Å². The van der Waals surface area contributed by atoms with Crippen molar-refractivity contribution < 1.29 is 27.8 Å². The quantitative estimate of drug-likeness (QED) is 0.544. The van der Waals surface area contributed by atoms with Gasteiger partial charge in [-0.2, -0.15) is 13.2 Å². The van der Waals surface area contributed by atoms with E-state index >= 15 is 0 Å². The van der Waals surface area contributed by atoms with E-state index in [-0.39, 0.29) is 13.2 Å². The smallest absolute Gasteiger partial charge is 0.471 e. The minimum Gasteiger partial charge on any atom is -0.492 e. The fraction of sp³-hybridized carbons (Fsp3) is 0.526. The van der Waals surface area contributed by atoms with Gasteiger partial charge in [-0.15, -0.1) is 0 Å². The number of ether oxygens (including phenoxy) is 1. The SMILES string of the molecule is CCCC(O)(C#Cc1cccc(OCCNC(=O)C(F)(F)F)c1)CCC. The van der Waals surface area contributed by atoms with Crippen LogP contribution in [0.2, 0.25) is 0 Å². The van der Waals surface area contributed by atoms with Gasteiger partial charge < -0.3 is 15.2 Å². The molecule has 0 aromatic heterocycles.